The highest BCUT2D eigenvalue weighted by molar-refractivity contribution is 7.22. The van der Waals surface area contributed by atoms with Crippen LogP contribution in [0.25, 0.3) is 10.2 Å². The van der Waals surface area contributed by atoms with Gasteiger partial charge in [-0.15, -0.1) is 11.3 Å². The van der Waals surface area contributed by atoms with Gasteiger partial charge in [0.1, 0.15) is 11.5 Å². The number of thiophene rings is 1. The summed E-state index contributed by atoms with van der Waals surface area (Å²) in [5, 5.41) is 8.15. The molecule has 146 valence electrons. The van der Waals surface area contributed by atoms with Crippen molar-refractivity contribution >= 4 is 50.1 Å². The van der Waals surface area contributed by atoms with Crippen molar-refractivity contribution in [3.8, 4) is 11.5 Å². The average Bonchev–Trinajstić information content (AvgIpc) is 3.43. The molecule has 0 radical (unpaired) electrons. The van der Waals surface area contributed by atoms with Gasteiger partial charge in [0.25, 0.3) is 5.91 Å². The van der Waals surface area contributed by atoms with Gasteiger partial charge in [0.15, 0.2) is 0 Å². The monoisotopic (exact) mass is 423 g/mol. The van der Waals surface area contributed by atoms with Gasteiger partial charge in [-0.2, -0.15) is 10.1 Å². The van der Waals surface area contributed by atoms with Crippen molar-refractivity contribution < 1.29 is 14.3 Å². The number of aromatic nitrogens is 1. The van der Waals surface area contributed by atoms with Crippen LogP contribution in [0.15, 0.2) is 65.1 Å². The second kappa shape index (κ2) is 8.42. The topological polar surface area (TPSA) is 64.0 Å². The van der Waals surface area contributed by atoms with E-state index in [1.54, 1.807) is 26.5 Å². The number of amides is 1. The Morgan fingerprint density at radius 1 is 1.07 bits per heavy atom. The fourth-order valence-corrected chi connectivity index (χ4v) is 4.22. The van der Waals surface area contributed by atoms with Gasteiger partial charge < -0.3 is 9.47 Å². The first kappa shape index (κ1) is 19.1. The minimum atomic E-state index is -0.226. The molecule has 0 saturated heterocycles. The maximum absolute atomic E-state index is 13.1. The summed E-state index contributed by atoms with van der Waals surface area (Å²) >= 11 is 2.76. The van der Waals surface area contributed by atoms with Crippen molar-refractivity contribution in [2.24, 2.45) is 5.10 Å². The number of fused-ring (bicyclic) bond motifs is 1. The van der Waals surface area contributed by atoms with Crippen LogP contribution >= 0.6 is 22.7 Å². The molecule has 0 aliphatic heterocycles. The Morgan fingerprint density at radius 3 is 2.52 bits per heavy atom. The van der Waals surface area contributed by atoms with Crippen molar-refractivity contribution in [3.63, 3.8) is 0 Å². The Balaban J connectivity index is 1.71. The number of nitrogens with zero attached hydrogens (tertiary/aromatic N) is 3. The zero-order valence-electron chi connectivity index (χ0n) is 15.7. The fourth-order valence-electron chi connectivity index (χ4n) is 2.62. The largest absolute Gasteiger partial charge is 0.497 e. The van der Waals surface area contributed by atoms with E-state index < -0.39 is 0 Å². The summed E-state index contributed by atoms with van der Waals surface area (Å²) < 4.78 is 11.4. The molecule has 2 aromatic carbocycles. The summed E-state index contributed by atoms with van der Waals surface area (Å²) in [5.74, 6) is 1.27. The zero-order valence-corrected chi connectivity index (χ0v) is 17.4. The van der Waals surface area contributed by atoms with Crippen LogP contribution in [0, 0.1) is 0 Å². The van der Waals surface area contributed by atoms with E-state index >= 15 is 0 Å². The Bertz CT molecular complexity index is 1150. The van der Waals surface area contributed by atoms with Crippen LogP contribution in [0.3, 0.4) is 0 Å². The SMILES string of the molecule is COc1ccc(/C=N/N(C(=O)c2cccs2)c2nc3ccc(OC)cc3s2)cc1. The molecule has 2 aromatic heterocycles. The van der Waals surface area contributed by atoms with Crippen LogP contribution < -0.4 is 14.5 Å². The van der Waals surface area contributed by atoms with Crippen LogP contribution in [0.5, 0.6) is 11.5 Å². The molecule has 0 atom stereocenters. The molecule has 0 spiro atoms. The smallest absolute Gasteiger partial charge is 0.290 e. The number of ether oxygens (including phenoxy) is 2. The highest BCUT2D eigenvalue weighted by atomic mass is 32.1. The number of carbonyl (C=O) groups excluding carboxylic acids is 1. The first-order valence-corrected chi connectivity index (χ1v) is 10.4. The van der Waals surface area contributed by atoms with Crippen molar-refractivity contribution in [2.45, 2.75) is 0 Å². The highest BCUT2D eigenvalue weighted by Crippen LogP contribution is 2.32. The molecule has 8 heteroatoms. The van der Waals surface area contributed by atoms with Crippen molar-refractivity contribution in [1.29, 1.82) is 0 Å². The molecule has 0 aliphatic rings. The van der Waals surface area contributed by atoms with Crippen LogP contribution in [0.2, 0.25) is 0 Å². The molecule has 29 heavy (non-hydrogen) atoms. The van der Waals surface area contributed by atoms with Gasteiger partial charge in [-0.1, -0.05) is 17.4 Å². The predicted molar refractivity (Wildman–Crippen MR) is 118 cm³/mol. The van der Waals surface area contributed by atoms with E-state index in [-0.39, 0.29) is 5.91 Å². The molecule has 2 heterocycles. The Labute approximate surface area is 175 Å². The number of methoxy groups -OCH3 is 2. The minimum Gasteiger partial charge on any atom is -0.497 e. The standard InChI is InChI=1S/C21H17N3O3S2/c1-26-15-7-5-14(6-8-15)13-22-24(20(25)18-4-3-11-28-18)21-23-17-10-9-16(27-2)12-19(17)29-21/h3-13H,1-2H3/b22-13+. The van der Waals surface area contributed by atoms with Crippen LogP contribution in [-0.4, -0.2) is 31.3 Å². The van der Waals surface area contributed by atoms with E-state index in [0.717, 1.165) is 27.3 Å². The number of rotatable bonds is 6. The number of hydrogen-bond acceptors (Lipinski definition) is 7. The maximum Gasteiger partial charge on any atom is 0.290 e. The van der Waals surface area contributed by atoms with E-state index in [1.165, 1.54) is 27.7 Å². The number of hydrogen-bond donors (Lipinski definition) is 0. The van der Waals surface area contributed by atoms with Gasteiger partial charge in [0.05, 0.1) is 35.5 Å². The number of thiazole rings is 1. The fraction of sp³-hybridized carbons (Fsp3) is 0.0952. The Morgan fingerprint density at radius 2 is 1.83 bits per heavy atom. The Hall–Kier alpha value is -3.23. The molecule has 6 nitrogen and oxygen atoms in total. The molecule has 0 bridgehead atoms. The molecule has 0 fully saturated rings. The second-order valence-corrected chi connectivity index (χ2v) is 7.90. The van der Waals surface area contributed by atoms with Gasteiger partial charge in [0, 0.05) is 0 Å². The molecule has 0 unspecified atom stereocenters. The number of hydrazone groups is 1. The molecule has 4 aromatic rings. The van der Waals surface area contributed by atoms with E-state index in [1.807, 2.05) is 53.9 Å². The van der Waals surface area contributed by atoms with E-state index in [9.17, 15) is 4.79 Å². The maximum atomic E-state index is 13.1. The number of benzene rings is 2. The number of carbonyl (C=O) groups is 1. The molecular formula is C21H17N3O3S2. The van der Waals surface area contributed by atoms with Crippen molar-refractivity contribution in [3.05, 3.63) is 70.4 Å². The summed E-state index contributed by atoms with van der Waals surface area (Å²) in [5.41, 5.74) is 1.63. The highest BCUT2D eigenvalue weighted by Gasteiger charge is 2.22. The van der Waals surface area contributed by atoms with E-state index in [2.05, 4.69) is 10.1 Å². The molecule has 0 N–H and O–H groups in total. The summed E-state index contributed by atoms with van der Waals surface area (Å²) in [6, 6.07) is 16.7. The minimum absolute atomic E-state index is 0.226. The van der Waals surface area contributed by atoms with Gasteiger partial charge >= 0.3 is 0 Å². The lowest BCUT2D eigenvalue weighted by atomic mass is 10.2. The van der Waals surface area contributed by atoms with Gasteiger partial charge in [-0.25, -0.2) is 4.98 Å². The van der Waals surface area contributed by atoms with Crippen LogP contribution in [0.4, 0.5) is 5.13 Å². The predicted octanol–water partition coefficient (Wildman–Crippen LogP) is 5.06. The lowest BCUT2D eigenvalue weighted by Crippen LogP contribution is -2.24. The molecule has 1 amide bonds. The van der Waals surface area contributed by atoms with Crippen molar-refractivity contribution in [2.75, 3.05) is 19.2 Å². The van der Waals surface area contributed by atoms with Crippen molar-refractivity contribution in [1.82, 2.24) is 4.98 Å². The van der Waals surface area contributed by atoms with Gasteiger partial charge in [0.2, 0.25) is 5.13 Å². The molecule has 4 rings (SSSR count). The zero-order chi connectivity index (χ0) is 20.2. The first-order chi connectivity index (χ1) is 14.2. The average molecular weight is 424 g/mol. The van der Waals surface area contributed by atoms with E-state index in [4.69, 9.17) is 9.47 Å². The third-order valence-corrected chi connectivity index (χ3v) is 5.98. The normalized spacial score (nSPS) is 11.1. The summed E-state index contributed by atoms with van der Waals surface area (Å²) in [7, 11) is 3.24. The van der Waals surface area contributed by atoms with Gasteiger partial charge in [-0.3, -0.25) is 4.79 Å². The summed E-state index contributed by atoms with van der Waals surface area (Å²) in [6.45, 7) is 0. The summed E-state index contributed by atoms with van der Waals surface area (Å²) in [4.78, 5) is 18.3. The Kier molecular flexibility index (Phi) is 5.55. The van der Waals surface area contributed by atoms with Crippen LogP contribution in [0.1, 0.15) is 15.2 Å². The molecule has 0 aliphatic carbocycles. The lowest BCUT2D eigenvalue weighted by Gasteiger charge is -2.12. The summed E-state index contributed by atoms with van der Waals surface area (Å²) in [6.07, 6.45) is 1.64. The lowest BCUT2D eigenvalue weighted by molar-refractivity contribution is 0.0991. The first-order valence-electron chi connectivity index (χ1n) is 8.68. The quantitative estimate of drug-likeness (QED) is 0.321. The molecule has 0 saturated carbocycles. The number of anilines is 1. The van der Waals surface area contributed by atoms with Crippen LogP contribution in [-0.2, 0) is 0 Å². The van der Waals surface area contributed by atoms with E-state index in [0.29, 0.717) is 10.0 Å². The third kappa shape index (κ3) is 4.13. The molecular weight excluding hydrogens is 406 g/mol. The third-order valence-electron chi connectivity index (χ3n) is 4.13. The second-order valence-electron chi connectivity index (χ2n) is 5.94. The van der Waals surface area contributed by atoms with Gasteiger partial charge in [-0.05, 0) is 59.5 Å².